The van der Waals surface area contributed by atoms with Crippen molar-refractivity contribution in [2.45, 2.75) is 96.1 Å². The van der Waals surface area contributed by atoms with E-state index < -0.39 is 0 Å². The van der Waals surface area contributed by atoms with E-state index in [-0.39, 0.29) is 10.8 Å². The van der Waals surface area contributed by atoms with E-state index in [1.54, 1.807) is 5.56 Å². The van der Waals surface area contributed by atoms with Crippen LogP contribution < -0.4 is 11.1 Å². The van der Waals surface area contributed by atoms with E-state index >= 15 is 0 Å². The number of fused-ring (bicyclic) bond motifs is 2. The molecule has 160 valence electrons. The molecule has 2 nitrogen and oxygen atoms in total. The molecule has 3 saturated carbocycles. The van der Waals surface area contributed by atoms with Crippen LogP contribution >= 0.6 is 12.2 Å². The first-order valence-electron chi connectivity index (χ1n) is 12.0. The summed E-state index contributed by atoms with van der Waals surface area (Å²) in [7, 11) is 0. The van der Waals surface area contributed by atoms with Crippen LogP contribution in [0.3, 0.4) is 0 Å². The Morgan fingerprint density at radius 3 is 2.41 bits per heavy atom. The molecule has 3 fully saturated rings. The first-order chi connectivity index (χ1) is 13.9. The van der Waals surface area contributed by atoms with Crippen molar-refractivity contribution in [2.75, 3.05) is 0 Å². The molecule has 0 aromatic heterocycles. The van der Waals surface area contributed by atoms with Crippen LogP contribution in [-0.2, 0) is 5.41 Å². The molecule has 0 aliphatic heterocycles. The summed E-state index contributed by atoms with van der Waals surface area (Å²) >= 11 is 6.20. The van der Waals surface area contributed by atoms with Gasteiger partial charge in [0.1, 0.15) is 0 Å². The van der Waals surface area contributed by atoms with E-state index in [0.717, 1.165) is 42.0 Å². The summed E-state index contributed by atoms with van der Waals surface area (Å²) in [5.74, 6) is 2.34. The molecule has 3 aliphatic carbocycles. The van der Waals surface area contributed by atoms with Crippen LogP contribution in [0.2, 0.25) is 0 Å². The zero-order valence-corrected chi connectivity index (χ0v) is 19.4. The van der Waals surface area contributed by atoms with Gasteiger partial charge in [0, 0.05) is 17.5 Å². The summed E-state index contributed by atoms with van der Waals surface area (Å²) < 4.78 is 0. The van der Waals surface area contributed by atoms with Crippen molar-refractivity contribution in [2.24, 2.45) is 28.9 Å². The molecule has 1 aromatic rings. The van der Waals surface area contributed by atoms with E-state index in [0.29, 0.717) is 12.1 Å². The number of hydrogen-bond acceptors (Lipinski definition) is 2. The van der Waals surface area contributed by atoms with Crippen molar-refractivity contribution in [1.29, 1.82) is 0 Å². The first kappa shape index (κ1) is 21.3. The van der Waals surface area contributed by atoms with E-state index in [1.165, 1.54) is 38.5 Å². The van der Waals surface area contributed by atoms with E-state index in [1.807, 2.05) is 0 Å². The molecule has 1 aromatic carbocycles. The molecule has 29 heavy (non-hydrogen) atoms. The molecule has 2 bridgehead atoms. The molecule has 3 N–H and O–H groups in total. The predicted octanol–water partition coefficient (Wildman–Crippen LogP) is 5.98. The van der Waals surface area contributed by atoms with Gasteiger partial charge in [0.05, 0.1) is 4.99 Å². The lowest BCUT2D eigenvalue weighted by atomic mass is 9.47. The number of nitrogens with one attached hydrogen (secondary N) is 1. The van der Waals surface area contributed by atoms with Gasteiger partial charge in [-0.2, -0.15) is 0 Å². The van der Waals surface area contributed by atoms with Crippen LogP contribution in [-0.4, -0.2) is 17.1 Å². The Bertz CT molecular complexity index is 707. The van der Waals surface area contributed by atoms with Crippen LogP contribution in [0.15, 0.2) is 30.3 Å². The predicted molar refractivity (Wildman–Crippen MR) is 127 cm³/mol. The summed E-state index contributed by atoms with van der Waals surface area (Å²) in [5.41, 5.74) is 8.11. The molecule has 0 saturated heterocycles. The van der Waals surface area contributed by atoms with Crippen LogP contribution in [0.5, 0.6) is 0 Å². The van der Waals surface area contributed by atoms with Gasteiger partial charge in [-0.3, -0.25) is 0 Å². The van der Waals surface area contributed by atoms with Crippen LogP contribution in [0, 0.1) is 23.2 Å². The lowest BCUT2D eigenvalue weighted by molar-refractivity contribution is 0.00321. The number of nitrogens with two attached hydrogens (primary N) is 1. The lowest BCUT2D eigenvalue weighted by Crippen LogP contribution is -2.56. The number of thiocarbonyl (C=S) groups is 1. The molecule has 0 spiro atoms. The number of hydrogen-bond donors (Lipinski definition) is 2. The van der Waals surface area contributed by atoms with Crippen molar-refractivity contribution in [3.63, 3.8) is 0 Å². The average molecular weight is 413 g/mol. The molecular formula is C26H40N2S. The minimum absolute atomic E-state index is 0.141. The van der Waals surface area contributed by atoms with Gasteiger partial charge in [-0.1, -0.05) is 63.3 Å². The standard InChI is InChI=1S/C26H40N2S/c1-4-25(24(29)28-23-12-10-22(27)11-13-23)15-20-16-26(17-25,14-18(2)19(20)3)21-8-6-5-7-9-21/h5-9,18-20,22-23H,4,10-17,27H2,1-3H3,(H,28,29)/t18?,19?,20?,22-,23-,25?,26?. The topological polar surface area (TPSA) is 38.0 Å². The van der Waals surface area contributed by atoms with Crippen molar-refractivity contribution in [3.8, 4) is 0 Å². The summed E-state index contributed by atoms with van der Waals surface area (Å²) in [6.07, 6.45) is 10.9. The quantitative estimate of drug-likeness (QED) is 0.597. The Balaban J connectivity index is 1.62. The Kier molecular flexibility index (Phi) is 6.10. The fourth-order valence-corrected chi connectivity index (χ4v) is 7.46. The summed E-state index contributed by atoms with van der Waals surface area (Å²) in [5, 5.41) is 3.86. The normalized spacial score (nSPS) is 42.3. The molecule has 0 radical (unpaired) electrons. The summed E-state index contributed by atoms with van der Waals surface area (Å²) in [6, 6.07) is 12.3. The molecule has 5 unspecified atom stereocenters. The van der Waals surface area contributed by atoms with Gasteiger partial charge in [0.2, 0.25) is 0 Å². The Morgan fingerprint density at radius 1 is 1.07 bits per heavy atom. The smallest absolute Gasteiger partial charge is 0.0818 e. The average Bonchev–Trinajstić information content (AvgIpc) is 2.74. The molecule has 4 rings (SSSR count). The zero-order chi connectivity index (χ0) is 20.6. The highest BCUT2D eigenvalue weighted by Gasteiger charge is 2.55. The highest BCUT2D eigenvalue weighted by Crippen LogP contribution is 2.60. The molecule has 0 heterocycles. The SMILES string of the molecule is CCC1(C(=S)N[C@H]2CC[C@H](N)CC2)CC2CC(c3ccccc3)(CC(C)C2C)C1. The third kappa shape index (κ3) is 4.02. The minimum Gasteiger partial charge on any atom is -0.376 e. The van der Waals surface area contributed by atoms with E-state index in [2.05, 4.69) is 56.4 Å². The van der Waals surface area contributed by atoms with Crippen LogP contribution in [0.4, 0.5) is 0 Å². The summed E-state index contributed by atoms with van der Waals surface area (Å²) in [6.45, 7) is 7.35. The summed E-state index contributed by atoms with van der Waals surface area (Å²) in [4.78, 5) is 1.16. The molecule has 0 amide bonds. The lowest BCUT2D eigenvalue weighted by Gasteiger charge is -2.58. The zero-order valence-electron chi connectivity index (χ0n) is 18.6. The molecule has 3 heteroatoms. The number of benzene rings is 1. The van der Waals surface area contributed by atoms with Crippen LogP contribution in [0.25, 0.3) is 0 Å². The fraction of sp³-hybridized carbons (Fsp3) is 0.731. The minimum atomic E-state index is 0.141. The second-order valence-electron chi connectivity index (χ2n) is 10.8. The van der Waals surface area contributed by atoms with Crippen molar-refractivity contribution >= 4 is 17.2 Å². The van der Waals surface area contributed by atoms with Gasteiger partial charge in [-0.15, -0.1) is 0 Å². The van der Waals surface area contributed by atoms with Crippen molar-refractivity contribution in [3.05, 3.63) is 35.9 Å². The second-order valence-corrected chi connectivity index (χ2v) is 11.2. The highest BCUT2D eigenvalue weighted by atomic mass is 32.1. The third-order valence-corrected chi connectivity index (χ3v) is 9.54. The highest BCUT2D eigenvalue weighted by molar-refractivity contribution is 7.80. The van der Waals surface area contributed by atoms with E-state index in [9.17, 15) is 0 Å². The molecule has 5 atom stereocenters. The largest absolute Gasteiger partial charge is 0.376 e. The third-order valence-electron chi connectivity index (χ3n) is 8.99. The Labute approximate surface area is 183 Å². The van der Waals surface area contributed by atoms with Gasteiger partial charge in [-0.05, 0) is 86.5 Å². The van der Waals surface area contributed by atoms with E-state index in [4.69, 9.17) is 18.0 Å². The van der Waals surface area contributed by atoms with Gasteiger partial charge in [0.25, 0.3) is 0 Å². The van der Waals surface area contributed by atoms with Gasteiger partial charge in [0.15, 0.2) is 0 Å². The first-order valence-corrected chi connectivity index (χ1v) is 12.4. The molecule has 3 aliphatic rings. The second kappa shape index (κ2) is 8.30. The maximum atomic E-state index is 6.20. The number of rotatable bonds is 4. The van der Waals surface area contributed by atoms with Crippen molar-refractivity contribution in [1.82, 2.24) is 5.32 Å². The molecular weight excluding hydrogens is 372 g/mol. The van der Waals surface area contributed by atoms with Gasteiger partial charge < -0.3 is 11.1 Å². The van der Waals surface area contributed by atoms with Crippen molar-refractivity contribution < 1.29 is 0 Å². The Morgan fingerprint density at radius 2 is 1.76 bits per heavy atom. The maximum Gasteiger partial charge on any atom is 0.0818 e. The monoisotopic (exact) mass is 412 g/mol. The van der Waals surface area contributed by atoms with Gasteiger partial charge in [-0.25, -0.2) is 0 Å². The van der Waals surface area contributed by atoms with Crippen LogP contribution in [0.1, 0.15) is 84.1 Å². The maximum absolute atomic E-state index is 6.20. The van der Waals surface area contributed by atoms with Gasteiger partial charge >= 0.3 is 0 Å². The Hall–Kier alpha value is -0.930. The fourth-order valence-electron chi connectivity index (χ4n) is 7.00.